The number of nitrogens with zero attached hydrogens (tertiary/aromatic N) is 1. The molecule has 0 bridgehead atoms. The molecule has 0 atom stereocenters. The lowest BCUT2D eigenvalue weighted by Gasteiger charge is -2.25. The van der Waals surface area contributed by atoms with Crippen molar-refractivity contribution in [2.75, 3.05) is 4.90 Å². The van der Waals surface area contributed by atoms with Gasteiger partial charge in [-0.05, 0) is 53.2 Å². The van der Waals surface area contributed by atoms with Crippen molar-refractivity contribution in [3.05, 3.63) is 103 Å². The third-order valence-electron chi connectivity index (χ3n) is 3.93. The molecule has 109 valence electrons. The Labute approximate surface area is 136 Å². The van der Waals surface area contributed by atoms with Crippen LogP contribution in [0.15, 0.2) is 97.1 Å². The van der Waals surface area contributed by atoms with Gasteiger partial charge in [0.05, 0.1) is 0 Å². The molecule has 0 fully saturated rings. The summed E-state index contributed by atoms with van der Waals surface area (Å²) in [5.41, 5.74) is 3.39. The van der Waals surface area contributed by atoms with Gasteiger partial charge in [0.1, 0.15) is 0 Å². The van der Waals surface area contributed by atoms with Gasteiger partial charge in [-0.2, -0.15) is 0 Å². The second-order valence-electron chi connectivity index (χ2n) is 5.45. The summed E-state index contributed by atoms with van der Waals surface area (Å²) in [6.45, 7) is 0. The minimum atomic E-state index is 1.11. The monoisotopic (exact) mass is 294 g/mol. The van der Waals surface area contributed by atoms with Crippen molar-refractivity contribution in [2.45, 2.75) is 0 Å². The standard InChI is InChI=1S/C22H16N/c1-3-11-20(12-4-1)23(21-13-5-2-6-14-21)22-16-15-18-9-7-8-10-19(18)17-22/h1-14,16-17H. The van der Waals surface area contributed by atoms with E-state index in [1.807, 2.05) is 18.2 Å². The van der Waals surface area contributed by atoms with Crippen LogP contribution in [0.1, 0.15) is 0 Å². The van der Waals surface area contributed by atoms with Crippen LogP contribution < -0.4 is 4.90 Å². The SMILES string of the molecule is [c]1cc(N(c2ccccc2)c2ccccc2)cc2ccccc12. The van der Waals surface area contributed by atoms with Crippen molar-refractivity contribution < 1.29 is 0 Å². The minimum absolute atomic E-state index is 1.11. The molecule has 4 aromatic carbocycles. The number of benzene rings is 4. The molecule has 0 N–H and O–H groups in total. The first-order valence-corrected chi connectivity index (χ1v) is 7.72. The van der Waals surface area contributed by atoms with E-state index in [1.165, 1.54) is 5.39 Å². The predicted molar refractivity (Wildman–Crippen MR) is 97.5 cm³/mol. The van der Waals surface area contributed by atoms with Crippen molar-refractivity contribution in [3.63, 3.8) is 0 Å². The summed E-state index contributed by atoms with van der Waals surface area (Å²) in [5.74, 6) is 0. The van der Waals surface area contributed by atoms with Crippen LogP contribution in [0.2, 0.25) is 0 Å². The van der Waals surface area contributed by atoms with Crippen LogP contribution in [0.5, 0.6) is 0 Å². The molecule has 0 heterocycles. The fraction of sp³-hybridized carbons (Fsp3) is 0. The Hall–Kier alpha value is -3.06. The van der Waals surface area contributed by atoms with Crippen LogP contribution >= 0.6 is 0 Å². The van der Waals surface area contributed by atoms with Gasteiger partial charge in [0.15, 0.2) is 0 Å². The number of rotatable bonds is 3. The maximum Gasteiger partial charge on any atom is 0.0474 e. The molecule has 0 amide bonds. The van der Waals surface area contributed by atoms with Gasteiger partial charge < -0.3 is 4.90 Å². The highest BCUT2D eigenvalue weighted by molar-refractivity contribution is 5.88. The summed E-state index contributed by atoms with van der Waals surface area (Å²) in [7, 11) is 0. The Morgan fingerprint density at radius 2 is 1.13 bits per heavy atom. The first-order chi connectivity index (χ1) is 11.4. The largest absolute Gasteiger partial charge is 0.310 e. The van der Waals surface area contributed by atoms with Gasteiger partial charge in [0, 0.05) is 17.1 Å². The first kappa shape index (κ1) is 13.6. The Balaban J connectivity index is 1.90. The normalized spacial score (nSPS) is 10.6. The summed E-state index contributed by atoms with van der Waals surface area (Å²) in [4.78, 5) is 2.25. The zero-order valence-corrected chi connectivity index (χ0v) is 12.7. The Morgan fingerprint density at radius 3 is 1.78 bits per heavy atom. The molecular weight excluding hydrogens is 278 g/mol. The van der Waals surface area contributed by atoms with Gasteiger partial charge in [0.25, 0.3) is 0 Å². The molecule has 0 aromatic heterocycles. The topological polar surface area (TPSA) is 3.24 Å². The highest BCUT2D eigenvalue weighted by atomic mass is 15.1. The molecule has 0 spiro atoms. The van der Waals surface area contributed by atoms with Crippen molar-refractivity contribution in [1.29, 1.82) is 0 Å². The summed E-state index contributed by atoms with van der Waals surface area (Å²) < 4.78 is 0. The van der Waals surface area contributed by atoms with E-state index in [0.29, 0.717) is 0 Å². The third kappa shape index (κ3) is 2.69. The molecule has 1 nitrogen and oxygen atoms in total. The summed E-state index contributed by atoms with van der Waals surface area (Å²) in [6, 6.07) is 36.9. The van der Waals surface area contributed by atoms with Crippen LogP contribution in [0.4, 0.5) is 17.1 Å². The minimum Gasteiger partial charge on any atom is -0.310 e. The second-order valence-corrected chi connectivity index (χ2v) is 5.45. The summed E-state index contributed by atoms with van der Waals surface area (Å²) in [5, 5.41) is 2.33. The lowest BCUT2D eigenvalue weighted by molar-refractivity contribution is 1.29. The maximum absolute atomic E-state index is 3.40. The van der Waals surface area contributed by atoms with E-state index in [0.717, 1.165) is 22.4 Å². The average Bonchev–Trinajstić information content (AvgIpc) is 2.64. The fourth-order valence-electron chi connectivity index (χ4n) is 2.84. The number of anilines is 3. The zero-order chi connectivity index (χ0) is 15.5. The quantitative estimate of drug-likeness (QED) is 0.440. The van der Waals surface area contributed by atoms with Crippen LogP contribution in [0, 0.1) is 6.07 Å². The smallest absolute Gasteiger partial charge is 0.0474 e. The molecule has 4 aromatic rings. The molecule has 0 unspecified atom stereocenters. The molecule has 0 aliphatic rings. The van der Waals surface area contributed by atoms with Crippen LogP contribution in [-0.2, 0) is 0 Å². The molecule has 0 aliphatic carbocycles. The van der Waals surface area contributed by atoms with E-state index in [1.54, 1.807) is 0 Å². The molecule has 23 heavy (non-hydrogen) atoms. The van der Waals surface area contributed by atoms with E-state index < -0.39 is 0 Å². The summed E-state index contributed by atoms with van der Waals surface area (Å²) in [6.07, 6.45) is 0. The molecule has 1 radical (unpaired) electrons. The van der Waals surface area contributed by atoms with E-state index >= 15 is 0 Å². The number of hydrogen-bond acceptors (Lipinski definition) is 1. The first-order valence-electron chi connectivity index (χ1n) is 7.72. The van der Waals surface area contributed by atoms with E-state index in [9.17, 15) is 0 Å². The average molecular weight is 294 g/mol. The van der Waals surface area contributed by atoms with Gasteiger partial charge in [-0.3, -0.25) is 0 Å². The van der Waals surface area contributed by atoms with Crippen molar-refractivity contribution >= 4 is 27.8 Å². The highest BCUT2D eigenvalue weighted by Crippen LogP contribution is 2.35. The Bertz CT molecular complexity index is 874. The number of fused-ring (bicyclic) bond motifs is 1. The summed E-state index contributed by atoms with van der Waals surface area (Å²) >= 11 is 0. The highest BCUT2D eigenvalue weighted by Gasteiger charge is 2.11. The third-order valence-corrected chi connectivity index (χ3v) is 3.93. The Kier molecular flexibility index (Phi) is 3.53. The lowest BCUT2D eigenvalue weighted by Crippen LogP contribution is -2.09. The van der Waals surface area contributed by atoms with Crippen LogP contribution in [0.3, 0.4) is 0 Å². The second kappa shape index (κ2) is 5.98. The van der Waals surface area contributed by atoms with Gasteiger partial charge in [-0.15, -0.1) is 0 Å². The Morgan fingerprint density at radius 1 is 0.565 bits per heavy atom. The zero-order valence-electron chi connectivity index (χ0n) is 12.7. The van der Waals surface area contributed by atoms with Crippen molar-refractivity contribution in [3.8, 4) is 0 Å². The fourth-order valence-corrected chi connectivity index (χ4v) is 2.84. The van der Waals surface area contributed by atoms with Crippen molar-refractivity contribution in [2.24, 2.45) is 0 Å². The van der Waals surface area contributed by atoms with E-state index in [-0.39, 0.29) is 0 Å². The van der Waals surface area contributed by atoms with E-state index in [4.69, 9.17) is 0 Å². The lowest BCUT2D eigenvalue weighted by atomic mass is 10.1. The number of hydrogen-bond donors (Lipinski definition) is 0. The molecular formula is C22H16N. The van der Waals surface area contributed by atoms with Gasteiger partial charge in [-0.1, -0.05) is 60.7 Å². The predicted octanol–water partition coefficient (Wildman–Crippen LogP) is 6.11. The van der Waals surface area contributed by atoms with Gasteiger partial charge in [-0.25, -0.2) is 0 Å². The van der Waals surface area contributed by atoms with Crippen LogP contribution in [0.25, 0.3) is 10.8 Å². The maximum atomic E-state index is 3.40. The molecule has 4 rings (SSSR count). The van der Waals surface area contributed by atoms with Crippen LogP contribution in [-0.4, -0.2) is 0 Å². The van der Waals surface area contributed by atoms with Gasteiger partial charge >= 0.3 is 0 Å². The van der Waals surface area contributed by atoms with Gasteiger partial charge in [0.2, 0.25) is 0 Å². The molecule has 0 aliphatic heterocycles. The number of para-hydroxylation sites is 2. The van der Waals surface area contributed by atoms with Crippen molar-refractivity contribution in [1.82, 2.24) is 0 Å². The molecule has 1 heteroatoms. The van der Waals surface area contributed by atoms with E-state index in [2.05, 4.69) is 89.8 Å². The molecule has 0 saturated carbocycles. The molecule has 0 saturated heterocycles.